The minimum atomic E-state index is -0.705. The van der Waals surface area contributed by atoms with Gasteiger partial charge in [0, 0.05) is 5.92 Å². The molecular formula is C20H28O. The maximum absolute atomic E-state index is 10.8. The summed E-state index contributed by atoms with van der Waals surface area (Å²) in [6.07, 6.45) is 6.45. The maximum Gasteiger partial charge on any atom is 0.0870 e. The van der Waals surface area contributed by atoms with Gasteiger partial charge in [0.15, 0.2) is 0 Å². The van der Waals surface area contributed by atoms with E-state index in [1.54, 1.807) is 0 Å². The number of benzene rings is 1. The van der Waals surface area contributed by atoms with Crippen LogP contribution in [0.15, 0.2) is 53.1 Å². The van der Waals surface area contributed by atoms with Crippen molar-refractivity contribution in [3.8, 4) is 0 Å². The van der Waals surface area contributed by atoms with Crippen molar-refractivity contribution in [1.82, 2.24) is 0 Å². The van der Waals surface area contributed by atoms with Crippen LogP contribution in [0.2, 0.25) is 0 Å². The molecule has 1 aliphatic carbocycles. The Morgan fingerprint density at radius 1 is 1.14 bits per heavy atom. The summed E-state index contributed by atoms with van der Waals surface area (Å²) < 4.78 is 0. The number of hydrogen-bond acceptors (Lipinski definition) is 1. The van der Waals surface area contributed by atoms with Gasteiger partial charge in [-0.05, 0) is 56.4 Å². The molecule has 0 bridgehead atoms. The molecule has 1 heteroatoms. The molecule has 0 aromatic heterocycles. The molecule has 2 atom stereocenters. The Hall–Kier alpha value is -1.34. The van der Waals surface area contributed by atoms with Crippen LogP contribution in [0, 0.1) is 5.92 Å². The summed E-state index contributed by atoms with van der Waals surface area (Å²) in [5, 5.41) is 10.8. The summed E-state index contributed by atoms with van der Waals surface area (Å²) in [4.78, 5) is 0. The van der Waals surface area contributed by atoms with Crippen LogP contribution in [0.3, 0.4) is 0 Å². The Kier molecular flexibility index (Phi) is 5.05. The summed E-state index contributed by atoms with van der Waals surface area (Å²) in [7, 11) is 0. The largest absolute Gasteiger partial charge is 0.385 e. The van der Waals surface area contributed by atoms with Crippen LogP contribution in [-0.4, -0.2) is 10.7 Å². The predicted octanol–water partition coefficient (Wildman–Crippen LogP) is 5.06. The molecule has 21 heavy (non-hydrogen) atoms. The molecule has 0 amide bonds. The summed E-state index contributed by atoms with van der Waals surface area (Å²) >= 11 is 0. The average molecular weight is 284 g/mol. The normalized spacial score (nSPS) is 26.0. The van der Waals surface area contributed by atoms with Crippen LogP contribution >= 0.6 is 0 Å². The van der Waals surface area contributed by atoms with E-state index >= 15 is 0 Å². The summed E-state index contributed by atoms with van der Waals surface area (Å²) in [5.41, 5.74) is 4.65. The SMILES string of the molecule is CCCCC1C(C)=C(Cc2ccccc2)C(C)=CC1(C)O. The molecule has 0 radical (unpaired) electrons. The Morgan fingerprint density at radius 3 is 2.43 bits per heavy atom. The van der Waals surface area contributed by atoms with Crippen LogP contribution in [-0.2, 0) is 6.42 Å². The molecule has 0 fully saturated rings. The van der Waals surface area contributed by atoms with E-state index in [9.17, 15) is 5.11 Å². The third-order valence-electron chi connectivity index (χ3n) is 4.76. The zero-order valence-electron chi connectivity index (χ0n) is 13.8. The van der Waals surface area contributed by atoms with E-state index in [1.807, 2.05) is 6.92 Å². The second kappa shape index (κ2) is 6.62. The first-order valence-corrected chi connectivity index (χ1v) is 8.11. The highest BCUT2D eigenvalue weighted by molar-refractivity contribution is 5.44. The van der Waals surface area contributed by atoms with Crippen LogP contribution in [0.25, 0.3) is 0 Å². The average Bonchev–Trinajstić information content (AvgIpc) is 2.44. The fourth-order valence-electron chi connectivity index (χ4n) is 3.58. The second-order valence-electron chi connectivity index (χ2n) is 6.57. The summed E-state index contributed by atoms with van der Waals surface area (Å²) in [5.74, 6) is 0.250. The molecule has 0 saturated heterocycles. The molecule has 2 unspecified atom stereocenters. The van der Waals surface area contributed by atoms with Crippen molar-refractivity contribution in [2.24, 2.45) is 5.92 Å². The van der Waals surface area contributed by atoms with Crippen molar-refractivity contribution in [2.75, 3.05) is 0 Å². The number of allylic oxidation sites excluding steroid dienone is 2. The molecule has 1 nitrogen and oxygen atoms in total. The minimum Gasteiger partial charge on any atom is -0.385 e. The van der Waals surface area contributed by atoms with Gasteiger partial charge in [0.2, 0.25) is 0 Å². The lowest BCUT2D eigenvalue weighted by molar-refractivity contribution is 0.0538. The van der Waals surface area contributed by atoms with Crippen molar-refractivity contribution in [3.05, 3.63) is 58.7 Å². The number of rotatable bonds is 5. The van der Waals surface area contributed by atoms with Crippen LogP contribution in [0.4, 0.5) is 0 Å². The van der Waals surface area contributed by atoms with Crippen molar-refractivity contribution < 1.29 is 5.11 Å². The number of hydrogen-bond donors (Lipinski definition) is 1. The highest BCUT2D eigenvalue weighted by atomic mass is 16.3. The fraction of sp³-hybridized carbons (Fsp3) is 0.500. The first kappa shape index (κ1) is 16.0. The van der Waals surface area contributed by atoms with Crippen LogP contribution in [0.1, 0.15) is 52.5 Å². The lowest BCUT2D eigenvalue weighted by atomic mass is 9.71. The summed E-state index contributed by atoms with van der Waals surface area (Å²) in [6, 6.07) is 10.6. The van der Waals surface area contributed by atoms with Gasteiger partial charge in [-0.1, -0.05) is 55.7 Å². The van der Waals surface area contributed by atoms with Gasteiger partial charge in [0.05, 0.1) is 5.60 Å². The Balaban J connectivity index is 2.31. The van der Waals surface area contributed by atoms with Crippen molar-refractivity contribution in [3.63, 3.8) is 0 Å². The molecule has 0 spiro atoms. The lowest BCUT2D eigenvalue weighted by Gasteiger charge is -2.37. The van der Waals surface area contributed by atoms with E-state index in [2.05, 4.69) is 57.2 Å². The Bertz CT molecular complexity index is 534. The second-order valence-corrected chi connectivity index (χ2v) is 6.57. The molecular weight excluding hydrogens is 256 g/mol. The molecule has 2 rings (SSSR count). The van der Waals surface area contributed by atoms with Gasteiger partial charge in [-0.3, -0.25) is 0 Å². The van der Waals surface area contributed by atoms with E-state index in [-0.39, 0.29) is 5.92 Å². The number of unbranched alkanes of at least 4 members (excludes halogenated alkanes) is 1. The Labute approximate surface area is 129 Å². The smallest absolute Gasteiger partial charge is 0.0870 e. The van der Waals surface area contributed by atoms with Crippen LogP contribution in [0.5, 0.6) is 0 Å². The molecule has 0 saturated carbocycles. The van der Waals surface area contributed by atoms with E-state index in [0.29, 0.717) is 0 Å². The molecule has 1 aromatic rings. The van der Waals surface area contributed by atoms with Crippen LogP contribution < -0.4 is 0 Å². The summed E-state index contributed by atoms with van der Waals surface area (Å²) in [6.45, 7) is 8.51. The maximum atomic E-state index is 10.8. The van der Waals surface area contributed by atoms with Gasteiger partial charge in [-0.2, -0.15) is 0 Å². The predicted molar refractivity (Wildman–Crippen MR) is 90.2 cm³/mol. The van der Waals surface area contributed by atoms with Gasteiger partial charge in [-0.15, -0.1) is 0 Å². The van der Waals surface area contributed by atoms with Crippen molar-refractivity contribution in [1.29, 1.82) is 0 Å². The van der Waals surface area contributed by atoms with Gasteiger partial charge in [0.25, 0.3) is 0 Å². The van der Waals surface area contributed by atoms with E-state index in [0.717, 1.165) is 12.8 Å². The first-order chi connectivity index (χ1) is 9.95. The van der Waals surface area contributed by atoms with Crippen molar-refractivity contribution >= 4 is 0 Å². The lowest BCUT2D eigenvalue weighted by Crippen LogP contribution is -2.37. The minimum absolute atomic E-state index is 0.250. The van der Waals surface area contributed by atoms with Gasteiger partial charge in [0.1, 0.15) is 0 Å². The molecule has 114 valence electrons. The zero-order chi connectivity index (χ0) is 15.5. The fourth-order valence-corrected chi connectivity index (χ4v) is 3.58. The van der Waals surface area contributed by atoms with E-state index in [4.69, 9.17) is 0 Å². The zero-order valence-corrected chi connectivity index (χ0v) is 13.8. The third kappa shape index (κ3) is 3.65. The topological polar surface area (TPSA) is 20.2 Å². The van der Waals surface area contributed by atoms with Gasteiger partial charge in [-0.25, -0.2) is 0 Å². The van der Waals surface area contributed by atoms with Crippen molar-refractivity contribution in [2.45, 2.75) is 59.0 Å². The third-order valence-corrected chi connectivity index (χ3v) is 4.76. The van der Waals surface area contributed by atoms with Gasteiger partial charge < -0.3 is 5.11 Å². The van der Waals surface area contributed by atoms with E-state index in [1.165, 1.54) is 35.1 Å². The standard InChI is InChI=1S/C20H28O/c1-5-6-12-19-16(3)18(15(2)14-20(19,4)21)13-17-10-8-7-9-11-17/h7-11,14,19,21H,5-6,12-13H2,1-4H3. The molecule has 1 aliphatic rings. The number of aliphatic hydroxyl groups is 1. The molecule has 1 N–H and O–H groups in total. The van der Waals surface area contributed by atoms with Gasteiger partial charge >= 0.3 is 0 Å². The molecule has 1 aromatic carbocycles. The molecule has 0 aliphatic heterocycles. The quantitative estimate of drug-likeness (QED) is 0.801. The van der Waals surface area contributed by atoms with E-state index < -0.39 is 5.60 Å². The monoisotopic (exact) mass is 284 g/mol. The highest BCUT2D eigenvalue weighted by Crippen LogP contribution is 2.40. The highest BCUT2D eigenvalue weighted by Gasteiger charge is 2.35. The Morgan fingerprint density at radius 2 is 1.81 bits per heavy atom. The molecule has 0 heterocycles. The first-order valence-electron chi connectivity index (χ1n) is 8.11.